The number of nitrogens with one attached hydrogen (secondary N) is 2. The Morgan fingerprint density at radius 2 is 1.68 bits per heavy atom. The van der Waals surface area contributed by atoms with E-state index in [4.69, 9.17) is 0 Å². The topological polar surface area (TPSA) is 58.2 Å². The summed E-state index contributed by atoms with van der Waals surface area (Å²) in [5.74, 6) is -0.0480. The van der Waals surface area contributed by atoms with Crippen molar-refractivity contribution >= 4 is 17.5 Å². The number of hydrogen-bond donors (Lipinski definition) is 2. The van der Waals surface area contributed by atoms with Gasteiger partial charge in [-0.2, -0.15) is 0 Å². The Morgan fingerprint density at radius 3 is 2.21 bits per heavy atom. The summed E-state index contributed by atoms with van der Waals surface area (Å²) >= 11 is 0. The van der Waals surface area contributed by atoms with Crippen LogP contribution >= 0.6 is 0 Å². The fourth-order valence-electron chi connectivity index (χ4n) is 3.81. The van der Waals surface area contributed by atoms with E-state index in [0.29, 0.717) is 0 Å². The van der Waals surface area contributed by atoms with Gasteiger partial charge >= 0.3 is 0 Å². The maximum atomic E-state index is 13.3. The Hall–Kier alpha value is -2.69. The molecule has 2 saturated carbocycles. The van der Waals surface area contributed by atoms with Crippen LogP contribution in [0.25, 0.3) is 0 Å². The Bertz CT molecular complexity index is 868. The second-order valence-corrected chi connectivity index (χ2v) is 8.02. The monoisotopic (exact) mass is 380 g/mol. The number of carbonyl (C=O) groups is 2. The average Bonchev–Trinajstić information content (AvgIpc) is 3.48. The lowest BCUT2D eigenvalue weighted by molar-refractivity contribution is -0.130. The lowest BCUT2D eigenvalue weighted by Crippen LogP contribution is -2.49. The van der Waals surface area contributed by atoms with Crippen molar-refractivity contribution in [2.45, 2.75) is 50.5 Å². The average molecular weight is 380 g/mol. The van der Waals surface area contributed by atoms with Crippen LogP contribution in [0.1, 0.15) is 56.2 Å². The highest BCUT2D eigenvalue weighted by atomic mass is 19.1. The highest BCUT2D eigenvalue weighted by Gasteiger charge is 2.45. The van der Waals surface area contributed by atoms with E-state index in [2.05, 4.69) is 10.6 Å². The molecule has 0 heterocycles. The van der Waals surface area contributed by atoms with Crippen LogP contribution in [0.3, 0.4) is 0 Å². The summed E-state index contributed by atoms with van der Waals surface area (Å²) < 4.78 is 13.3. The molecule has 2 aliphatic carbocycles. The third-order valence-electron chi connectivity index (χ3n) is 6.01. The fraction of sp³-hybridized carbons (Fsp3) is 0.391. The molecule has 4 rings (SSSR count). The third-order valence-corrected chi connectivity index (χ3v) is 6.01. The van der Waals surface area contributed by atoms with Crippen LogP contribution in [0.15, 0.2) is 48.5 Å². The quantitative estimate of drug-likeness (QED) is 0.777. The number of anilines is 1. The molecular formula is C23H25FN2O2. The predicted molar refractivity (Wildman–Crippen MR) is 106 cm³/mol. The Morgan fingerprint density at radius 1 is 1.04 bits per heavy atom. The molecule has 2 fully saturated rings. The van der Waals surface area contributed by atoms with Gasteiger partial charge in [0.25, 0.3) is 0 Å². The van der Waals surface area contributed by atoms with E-state index in [1.54, 1.807) is 12.1 Å². The second-order valence-electron chi connectivity index (χ2n) is 8.02. The van der Waals surface area contributed by atoms with Crippen LogP contribution < -0.4 is 10.6 Å². The molecule has 0 bridgehead atoms. The number of rotatable bonds is 6. The van der Waals surface area contributed by atoms with Crippen molar-refractivity contribution in [2.24, 2.45) is 5.92 Å². The van der Waals surface area contributed by atoms with Crippen LogP contribution in [-0.4, -0.2) is 11.8 Å². The van der Waals surface area contributed by atoms with Gasteiger partial charge in [0.1, 0.15) is 5.82 Å². The van der Waals surface area contributed by atoms with Crippen LogP contribution in [0.5, 0.6) is 0 Å². The molecule has 1 unspecified atom stereocenters. The molecule has 0 spiro atoms. The number of hydrogen-bond acceptors (Lipinski definition) is 2. The molecule has 0 radical (unpaired) electrons. The smallest absolute Gasteiger partial charge is 0.231 e. The summed E-state index contributed by atoms with van der Waals surface area (Å²) in [6, 6.07) is 13.7. The van der Waals surface area contributed by atoms with Crippen LogP contribution in [0, 0.1) is 11.7 Å². The highest BCUT2D eigenvalue weighted by molar-refractivity contribution is 5.94. The molecule has 0 aromatic heterocycles. The molecule has 2 N–H and O–H groups in total. The molecule has 146 valence electrons. The fourth-order valence-corrected chi connectivity index (χ4v) is 3.81. The van der Waals surface area contributed by atoms with Gasteiger partial charge in [-0.15, -0.1) is 0 Å². The molecule has 5 heteroatoms. The number of amides is 2. The molecule has 2 aromatic rings. The Kier molecular flexibility index (Phi) is 4.92. The van der Waals surface area contributed by atoms with E-state index >= 15 is 0 Å². The summed E-state index contributed by atoms with van der Waals surface area (Å²) in [6.07, 6.45) is 4.51. The van der Waals surface area contributed by atoms with Crippen LogP contribution in [0.2, 0.25) is 0 Å². The molecule has 1 atom stereocenters. The van der Waals surface area contributed by atoms with E-state index < -0.39 is 5.41 Å². The zero-order chi connectivity index (χ0) is 19.7. The second kappa shape index (κ2) is 7.38. The van der Waals surface area contributed by atoms with E-state index in [9.17, 15) is 14.0 Å². The van der Waals surface area contributed by atoms with E-state index in [-0.39, 0.29) is 29.6 Å². The first kappa shape index (κ1) is 18.7. The van der Waals surface area contributed by atoms with Crippen molar-refractivity contribution in [3.05, 3.63) is 65.5 Å². The summed E-state index contributed by atoms with van der Waals surface area (Å²) in [7, 11) is 0. The van der Waals surface area contributed by atoms with Crippen molar-refractivity contribution in [1.29, 1.82) is 0 Å². The third kappa shape index (κ3) is 3.66. The van der Waals surface area contributed by atoms with Gasteiger partial charge in [-0.1, -0.05) is 30.7 Å². The summed E-state index contributed by atoms with van der Waals surface area (Å²) in [4.78, 5) is 24.9. The lowest BCUT2D eigenvalue weighted by atomic mass is 9.63. The molecule has 2 amide bonds. The Labute approximate surface area is 164 Å². The maximum Gasteiger partial charge on any atom is 0.231 e. The Balaban J connectivity index is 1.42. The SMILES string of the molecule is CC(NC(=O)C1(c2ccc(F)cc2)CCC1)c1ccc(NC(=O)C2CC2)cc1. The highest BCUT2D eigenvalue weighted by Crippen LogP contribution is 2.44. The number of halogens is 1. The van der Waals surface area contributed by atoms with E-state index in [1.807, 2.05) is 31.2 Å². The summed E-state index contributed by atoms with van der Waals surface area (Å²) in [5.41, 5.74) is 2.08. The molecule has 2 aromatic carbocycles. The van der Waals surface area contributed by atoms with E-state index in [1.165, 1.54) is 12.1 Å². The minimum atomic E-state index is -0.555. The van der Waals surface area contributed by atoms with Crippen LogP contribution in [0.4, 0.5) is 10.1 Å². The standard InChI is InChI=1S/C23H25FN2O2/c1-15(16-5-11-20(12-6-16)26-21(27)17-3-4-17)25-22(28)23(13-2-14-23)18-7-9-19(24)10-8-18/h5-12,15,17H,2-4,13-14H2,1H3,(H,25,28)(H,26,27). The summed E-state index contributed by atoms with van der Waals surface area (Å²) in [6.45, 7) is 1.95. The van der Waals surface area contributed by atoms with Crippen molar-refractivity contribution < 1.29 is 14.0 Å². The van der Waals surface area contributed by atoms with E-state index in [0.717, 1.165) is 48.9 Å². The van der Waals surface area contributed by atoms with Gasteiger partial charge in [0, 0.05) is 11.6 Å². The van der Waals surface area contributed by atoms with Gasteiger partial charge < -0.3 is 10.6 Å². The molecular weight excluding hydrogens is 355 g/mol. The number of carbonyl (C=O) groups excluding carboxylic acids is 2. The lowest BCUT2D eigenvalue weighted by Gasteiger charge is -2.41. The molecule has 4 nitrogen and oxygen atoms in total. The molecule has 0 saturated heterocycles. The first-order valence-corrected chi connectivity index (χ1v) is 9.96. The minimum Gasteiger partial charge on any atom is -0.349 e. The van der Waals surface area contributed by atoms with Gasteiger partial charge in [-0.25, -0.2) is 4.39 Å². The minimum absolute atomic E-state index is 0.0102. The van der Waals surface area contributed by atoms with Crippen molar-refractivity contribution in [2.75, 3.05) is 5.32 Å². The first-order valence-electron chi connectivity index (χ1n) is 9.96. The van der Waals surface area contributed by atoms with Gasteiger partial charge in [-0.3, -0.25) is 9.59 Å². The maximum absolute atomic E-state index is 13.3. The van der Waals surface area contributed by atoms with Crippen LogP contribution in [-0.2, 0) is 15.0 Å². The van der Waals surface area contributed by atoms with Crippen molar-refractivity contribution in [3.63, 3.8) is 0 Å². The summed E-state index contributed by atoms with van der Waals surface area (Å²) in [5, 5.41) is 6.04. The van der Waals surface area contributed by atoms with Gasteiger partial charge in [-0.05, 0) is 68.0 Å². The normalized spacial score (nSPS) is 18.6. The van der Waals surface area contributed by atoms with Crippen molar-refractivity contribution in [3.8, 4) is 0 Å². The van der Waals surface area contributed by atoms with Gasteiger partial charge in [0.15, 0.2) is 0 Å². The molecule has 0 aliphatic heterocycles. The van der Waals surface area contributed by atoms with Gasteiger partial charge in [0.2, 0.25) is 11.8 Å². The largest absolute Gasteiger partial charge is 0.349 e. The van der Waals surface area contributed by atoms with Gasteiger partial charge in [0.05, 0.1) is 11.5 Å². The predicted octanol–water partition coefficient (Wildman–Crippen LogP) is 4.47. The molecule has 28 heavy (non-hydrogen) atoms. The zero-order valence-corrected chi connectivity index (χ0v) is 16.0. The zero-order valence-electron chi connectivity index (χ0n) is 16.0. The first-order chi connectivity index (χ1) is 13.5. The number of benzene rings is 2. The van der Waals surface area contributed by atoms with Crippen molar-refractivity contribution in [1.82, 2.24) is 5.32 Å². The molecule has 2 aliphatic rings.